The molecule has 230 valence electrons. The van der Waals surface area contributed by atoms with E-state index < -0.39 is 0 Å². The van der Waals surface area contributed by atoms with Crippen molar-refractivity contribution in [1.82, 2.24) is 9.13 Å². The van der Waals surface area contributed by atoms with Crippen molar-refractivity contribution >= 4 is 107 Å². The Kier molecular flexibility index (Phi) is 5.52. The molecule has 7 aromatic carbocycles. The average Bonchev–Trinajstić information content (AvgIpc) is 3.92. The molecule has 0 aliphatic rings. The molecule has 0 bridgehead atoms. The monoisotopic (exact) mass is 670 g/mol. The molecule has 0 atom stereocenters. The Morgan fingerprint density at radius 1 is 0.420 bits per heavy atom. The number of aromatic nitrogens is 2. The van der Waals surface area contributed by atoms with Gasteiger partial charge in [-0.05, 0) is 36.4 Å². The second kappa shape index (κ2) is 10.0. The van der Waals surface area contributed by atoms with Gasteiger partial charge < -0.3 is 9.13 Å². The molecule has 0 radical (unpaired) electrons. The van der Waals surface area contributed by atoms with Crippen LogP contribution in [0.25, 0.3) is 95.3 Å². The number of fused-ring (bicyclic) bond motifs is 14. The third kappa shape index (κ3) is 3.51. The van der Waals surface area contributed by atoms with Crippen molar-refractivity contribution < 1.29 is 0 Å². The molecule has 4 heterocycles. The van der Waals surface area contributed by atoms with Crippen molar-refractivity contribution in [3.05, 3.63) is 145 Å². The van der Waals surface area contributed by atoms with E-state index in [0.717, 1.165) is 54.0 Å². The first-order valence-corrected chi connectivity index (χ1v) is 18.0. The Morgan fingerprint density at radius 2 is 0.840 bits per heavy atom. The molecule has 0 N–H and O–H groups in total. The molecule has 0 aliphatic carbocycles. The molecule has 0 amide bonds. The second-order valence-corrected chi connectivity index (χ2v) is 14.8. The lowest BCUT2D eigenvalue weighted by molar-refractivity contribution is 1.13. The highest BCUT2D eigenvalue weighted by Gasteiger charge is 2.24. The molecule has 4 aromatic heterocycles. The first-order valence-electron chi connectivity index (χ1n) is 16.4. The maximum Gasteiger partial charge on any atom is 0.101 e. The van der Waals surface area contributed by atoms with E-state index in [0.29, 0.717) is 16.8 Å². The zero-order valence-corrected chi connectivity index (χ0v) is 27.9. The molecular weight excluding hydrogens is 649 g/mol. The van der Waals surface area contributed by atoms with Crippen LogP contribution in [0.15, 0.2) is 133 Å². The molecule has 0 saturated carbocycles. The highest BCUT2D eigenvalue weighted by molar-refractivity contribution is 7.27. The zero-order chi connectivity index (χ0) is 33.1. The van der Waals surface area contributed by atoms with Gasteiger partial charge >= 0.3 is 0 Å². The number of nitrogens with zero attached hydrogens (tertiary/aromatic N) is 4. The van der Waals surface area contributed by atoms with Gasteiger partial charge in [-0.25, -0.2) is 0 Å². The fraction of sp³-hybridized carbons (Fsp3) is 0. The summed E-state index contributed by atoms with van der Waals surface area (Å²) in [5.41, 5.74) is 6.44. The summed E-state index contributed by atoms with van der Waals surface area (Å²) in [4.78, 5) is 0. The summed E-state index contributed by atoms with van der Waals surface area (Å²) in [6.45, 7) is 0. The van der Waals surface area contributed by atoms with E-state index in [9.17, 15) is 10.5 Å². The van der Waals surface area contributed by atoms with E-state index in [1.807, 2.05) is 18.2 Å². The number of rotatable bonds is 2. The highest BCUT2D eigenvalue weighted by Crippen LogP contribution is 2.46. The average molecular weight is 671 g/mol. The van der Waals surface area contributed by atoms with Gasteiger partial charge in [0.15, 0.2) is 0 Å². The van der Waals surface area contributed by atoms with Gasteiger partial charge in [0.25, 0.3) is 0 Å². The quantitative estimate of drug-likeness (QED) is 0.184. The van der Waals surface area contributed by atoms with E-state index in [1.54, 1.807) is 22.7 Å². The summed E-state index contributed by atoms with van der Waals surface area (Å²) >= 11 is 3.55. The lowest BCUT2D eigenvalue weighted by Gasteiger charge is -2.16. The molecule has 0 unspecified atom stereocenters. The predicted molar refractivity (Wildman–Crippen MR) is 210 cm³/mol. The largest absolute Gasteiger partial charge is 0.308 e. The number of thiophene rings is 2. The van der Waals surface area contributed by atoms with Gasteiger partial charge in [-0.15, -0.1) is 22.7 Å². The molecule has 0 spiro atoms. The lowest BCUT2D eigenvalue weighted by Crippen LogP contribution is -2.04. The SMILES string of the molecule is N#Cc1cc(-n2c3ccccc3c3ccc4c5ccccc5sc4c32)cc(C#N)c1-n1c2ccccc2c2ccc3c4ccccc4sc3c21. The molecule has 11 rings (SSSR count). The zero-order valence-electron chi connectivity index (χ0n) is 26.3. The molecule has 50 heavy (non-hydrogen) atoms. The van der Waals surface area contributed by atoms with Crippen LogP contribution in [0, 0.1) is 22.7 Å². The van der Waals surface area contributed by atoms with Crippen LogP contribution in [-0.2, 0) is 0 Å². The van der Waals surface area contributed by atoms with Gasteiger partial charge in [-0.2, -0.15) is 10.5 Å². The van der Waals surface area contributed by atoms with Crippen LogP contribution in [0.3, 0.4) is 0 Å². The van der Waals surface area contributed by atoms with Crippen molar-refractivity contribution in [2.75, 3.05) is 0 Å². The van der Waals surface area contributed by atoms with Crippen molar-refractivity contribution in [1.29, 1.82) is 10.5 Å². The van der Waals surface area contributed by atoms with E-state index in [2.05, 4.69) is 137 Å². The fourth-order valence-corrected chi connectivity index (χ4v) is 10.6. The highest BCUT2D eigenvalue weighted by atomic mass is 32.1. The molecule has 6 heteroatoms. The van der Waals surface area contributed by atoms with Gasteiger partial charge in [0.05, 0.1) is 48.3 Å². The summed E-state index contributed by atoms with van der Waals surface area (Å²) in [6.07, 6.45) is 0. The van der Waals surface area contributed by atoms with Crippen LogP contribution in [0.5, 0.6) is 0 Å². The number of benzene rings is 7. The maximum absolute atomic E-state index is 10.9. The summed E-state index contributed by atoms with van der Waals surface area (Å²) < 4.78 is 9.20. The van der Waals surface area contributed by atoms with Crippen LogP contribution in [0.2, 0.25) is 0 Å². The maximum atomic E-state index is 10.9. The summed E-state index contributed by atoms with van der Waals surface area (Å²) in [6, 6.07) is 51.6. The standard InChI is InChI=1S/C44H22N4S2/c45-23-25-21-27(47-36-13-5-1-9-28(36)32-17-19-34-30-11-3-7-15-38(30)49-43(34)41(32)47)22-26(24-46)40(25)48-37-14-6-2-10-29(37)33-18-20-35-31-12-4-8-16-39(31)50-44(35)42(33)48/h1-22H. The first-order chi connectivity index (χ1) is 24.7. The molecular formula is C44H22N4S2. The van der Waals surface area contributed by atoms with Crippen LogP contribution in [0.1, 0.15) is 11.1 Å². The van der Waals surface area contributed by atoms with Gasteiger partial charge in [-0.3, -0.25) is 0 Å². The Hall–Kier alpha value is -6.44. The number of hydrogen-bond acceptors (Lipinski definition) is 4. The van der Waals surface area contributed by atoms with Crippen LogP contribution >= 0.6 is 22.7 Å². The summed E-state index contributed by atoms with van der Waals surface area (Å²) in [7, 11) is 0. The molecule has 0 fully saturated rings. The molecule has 11 aromatic rings. The van der Waals surface area contributed by atoms with Crippen molar-refractivity contribution in [2.45, 2.75) is 0 Å². The second-order valence-electron chi connectivity index (χ2n) is 12.7. The Labute approximate surface area is 293 Å². The van der Waals surface area contributed by atoms with E-state index >= 15 is 0 Å². The van der Waals surface area contributed by atoms with E-state index in [1.165, 1.54) is 35.6 Å². The Balaban J connectivity index is 1.28. The van der Waals surface area contributed by atoms with Crippen molar-refractivity contribution in [3.63, 3.8) is 0 Å². The molecule has 0 saturated heterocycles. The number of hydrogen-bond donors (Lipinski definition) is 0. The van der Waals surface area contributed by atoms with Crippen molar-refractivity contribution in [2.24, 2.45) is 0 Å². The molecule has 0 aliphatic heterocycles. The number of nitriles is 2. The fourth-order valence-electron chi connectivity index (χ4n) is 8.12. The number of para-hydroxylation sites is 2. The lowest BCUT2D eigenvalue weighted by atomic mass is 10.1. The van der Waals surface area contributed by atoms with E-state index in [4.69, 9.17) is 0 Å². The minimum Gasteiger partial charge on any atom is -0.308 e. The minimum absolute atomic E-state index is 0.453. The predicted octanol–water partition coefficient (Wildman–Crippen LogP) is 12.4. The minimum atomic E-state index is 0.453. The van der Waals surface area contributed by atoms with Gasteiger partial charge in [-0.1, -0.05) is 97.1 Å². The summed E-state index contributed by atoms with van der Waals surface area (Å²) in [5.74, 6) is 0. The third-order valence-electron chi connectivity index (χ3n) is 10.2. The van der Waals surface area contributed by atoms with Crippen LogP contribution in [-0.4, -0.2) is 9.13 Å². The molecule has 4 nitrogen and oxygen atoms in total. The van der Waals surface area contributed by atoms with E-state index in [-0.39, 0.29) is 0 Å². The smallest absolute Gasteiger partial charge is 0.101 e. The van der Waals surface area contributed by atoms with Crippen LogP contribution in [0.4, 0.5) is 0 Å². The van der Waals surface area contributed by atoms with Gasteiger partial charge in [0.1, 0.15) is 12.1 Å². The Morgan fingerprint density at radius 3 is 1.36 bits per heavy atom. The van der Waals surface area contributed by atoms with Crippen molar-refractivity contribution in [3.8, 4) is 23.5 Å². The van der Waals surface area contributed by atoms with Gasteiger partial charge in [0, 0.05) is 58.2 Å². The van der Waals surface area contributed by atoms with Gasteiger partial charge in [0.2, 0.25) is 0 Å². The Bertz CT molecular complexity index is 3320. The summed E-state index contributed by atoms with van der Waals surface area (Å²) in [5, 5.41) is 31.2. The normalized spacial score (nSPS) is 12.0. The first kappa shape index (κ1) is 27.5. The topological polar surface area (TPSA) is 57.4 Å². The third-order valence-corrected chi connectivity index (χ3v) is 12.6. The van der Waals surface area contributed by atoms with Crippen LogP contribution < -0.4 is 0 Å².